The summed E-state index contributed by atoms with van der Waals surface area (Å²) in [5.74, 6) is 1.98. The van der Waals surface area contributed by atoms with Crippen molar-refractivity contribution in [2.75, 3.05) is 21.3 Å². The van der Waals surface area contributed by atoms with E-state index in [1.54, 1.807) is 21.3 Å². The lowest BCUT2D eigenvalue weighted by molar-refractivity contribution is 0.321. The van der Waals surface area contributed by atoms with E-state index in [4.69, 9.17) is 14.2 Å². The fourth-order valence-corrected chi connectivity index (χ4v) is 2.74. The van der Waals surface area contributed by atoms with Crippen molar-refractivity contribution in [3.8, 4) is 17.2 Å². The number of hydrogen-bond donors (Lipinski definition) is 1. The number of hydrogen-bond acceptors (Lipinski definition) is 4. The molecule has 0 aliphatic rings. The summed E-state index contributed by atoms with van der Waals surface area (Å²) in [6, 6.07) is 12.1. The summed E-state index contributed by atoms with van der Waals surface area (Å²) in [5, 5.41) is 3.41. The third-order valence-electron chi connectivity index (χ3n) is 3.32. The molecule has 0 radical (unpaired) electrons. The molecule has 0 aliphatic carbocycles. The summed E-state index contributed by atoms with van der Waals surface area (Å²) in [6.45, 7) is 1.45. The average molecular weight is 366 g/mol. The highest BCUT2D eigenvalue weighted by Crippen LogP contribution is 2.39. The molecule has 0 atom stereocenters. The second kappa shape index (κ2) is 8.06. The largest absolute Gasteiger partial charge is 0.493 e. The van der Waals surface area contributed by atoms with Crippen LogP contribution in [-0.4, -0.2) is 21.3 Å². The molecule has 2 aromatic carbocycles. The van der Waals surface area contributed by atoms with Gasteiger partial charge in [0, 0.05) is 23.1 Å². The Morgan fingerprint density at radius 1 is 0.909 bits per heavy atom. The zero-order valence-electron chi connectivity index (χ0n) is 13.0. The summed E-state index contributed by atoms with van der Waals surface area (Å²) in [7, 11) is 4.86. The van der Waals surface area contributed by atoms with Gasteiger partial charge in [0.2, 0.25) is 5.75 Å². The van der Waals surface area contributed by atoms with E-state index in [9.17, 15) is 0 Å². The highest BCUT2D eigenvalue weighted by Gasteiger charge is 2.15. The molecule has 5 heteroatoms. The summed E-state index contributed by atoms with van der Waals surface area (Å²) >= 11 is 3.48. The monoisotopic (exact) mass is 365 g/mol. The summed E-state index contributed by atoms with van der Waals surface area (Å²) in [6.07, 6.45) is 0. The van der Waals surface area contributed by atoms with Crippen LogP contribution in [0, 0.1) is 0 Å². The van der Waals surface area contributed by atoms with Gasteiger partial charge < -0.3 is 19.5 Å². The summed E-state index contributed by atoms with van der Waals surface area (Å²) in [5.41, 5.74) is 2.24. The molecule has 0 heterocycles. The van der Waals surface area contributed by atoms with Crippen molar-refractivity contribution in [3.63, 3.8) is 0 Å². The van der Waals surface area contributed by atoms with E-state index < -0.39 is 0 Å². The molecule has 0 bridgehead atoms. The van der Waals surface area contributed by atoms with Gasteiger partial charge in [-0.15, -0.1) is 0 Å². The first-order chi connectivity index (χ1) is 10.7. The van der Waals surface area contributed by atoms with Gasteiger partial charge >= 0.3 is 0 Å². The van der Waals surface area contributed by atoms with E-state index in [0.717, 1.165) is 16.6 Å². The molecule has 0 spiro atoms. The number of halogens is 1. The van der Waals surface area contributed by atoms with Crippen LogP contribution in [0.1, 0.15) is 11.1 Å². The number of nitrogens with one attached hydrogen (secondary N) is 1. The molecule has 0 fully saturated rings. The van der Waals surface area contributed by atoms with E-state index in [-0.39, 0.29) is 0 Å². The van der Waals surface area contributed by atoms with E-state index in [1.165, 1.54) is 5.56 Å². The van der Waals surface area contributed by atoms with Crippen molar-refractivity contribution >= 4 is 15.9 Å². The lowest BCUT2D eigenvalue weighted by Crippen LogP contribution is -2.13. The molecule has 4 nitrogen and oxygen atoms in total. The first kappa shape index (κ1) is 16.6. The molecule has 0 aliphatic heterocycles. The molecular weight excluding hydrogens is 346 g/mol. The Kier molecular flexibility index (Phi) is 6.10. The van der Waals surface area contributed by atoms with Gasteiger partial charge in [-0.25, -0.2) is 0 Å². The quantitative estimate of drug-likeness (QED) is 0.810. The minimum absolute atomic E-state index is 0.617. The highest BCUT2D eigenvalue weighted by atomic mass is 79.9. The Morgan fingerprint density at radius 2 is 1.68 bits per heavy atom. The maximum atomic E-state index is 5.48. The third kappa shape index (κ3) is 3.93. The zero-order chi connectivity index (χ0) is 15.9. The van der Waals surface area contributed by atoms with Gasteiger partial charge in [0.1, 0.15) is 0 Å². The molecule has 118 valence electrons. The van der Waals surface area contributed by atoms with Crippen LogP contribution in [0.2, 0.25) is 0 Å². The van der Waals surface area contributed by atoms with Crippen LogP contribution < -0.4 is 19.5 Å². The van der Waals surface area contributed by atoms with E-state index in [0.29, 0.717) is 23.8 Å². The first-order valence-corrected chi connectivity index (χ1v) is 7.72. The van der Waals surface area contributed by atoms with Crippen LogP contribution >= 0.6 is 15.9 Å². The lowest BCUT2D eigenvalue weighted by Gasteiger charge is -2.16. The summed E-state index contributed by atoms with van der Waals surface area (Å²) in [4.78, 5) is 0. The molecule has 0 aromatic heterocycles. The van der Waals surface area contributed by atoms with Crippen molar-refractivity contribution in [3.05, 3.63) is 52.0 Å². The normalized spacial score (nSPS) is 10.4. The Labute approximate surface area is 139 Å². The number of ether oxygens (including phenoxy) is 3. The maximum absolute atomic E-state index is 5.48. The number of rotatable bonds is 7. The fraction of sp³-hybridized carbons (Fsp3) is 0.294. The van der Waals surface area contributed by atoms with Gasteiger partial charge in [-0.1, -0.05) is 34.1 Å². The van der Waals surface area contributed by atoms with Crippen LogP contribution in [0.25, 0.3) is 0 Å². The van der Waals surface area contributed by atoms with Gasteiger partial charge in [0.05, 0.1) is 21.3 Å². The number of methoxy groups -OCH3 is 3. The van der Waals surface area contributed by atoms with Crippen LogP contribution in [0.3, 0.4) is 0 Å². The summed E-state index contributed by atoms with van der Waals surface area (Å²) < 4.78 is 17.2. The molecule has 22 heavy (non-hydrogen) atoms. The third-order valence-corrected chi connectivity index (χ3v) is 3.81. The Balaban J connectivity index is 2.09. The Morgan fingerprint density at radius 3 is 2.32 bits per heavy atom. The molecule has 0 amide bonds. The topological polar surface area (TPSA) is 39.7 Å². The molecule has 0 saturated carbocycles. The van der Waals surface area contributed by atoms with E-state index in [1.807, 2.05) is 24.3 Å². The van der Waals surface area contributed by atoms with Gasteiger partial charge in [0.25, 0.3) is 0 Å². The SMILES string of the molecule is COc1ccc(CNCc2cccc(Br)c2)c(OC)c1OC. The highest BCUT2D eigenvalue weighted by molar-refractivity contribution is 9.10. The first-order valence-electron chi connectivity index (χ1n) is 6.92. The molecule has 2 aromatic rings. The van der Waals surface area contributed by atoms with Gasteiger partial charge in [-0.05, 0) is 23.8 Å². The standard InChI is InChI=1S/C17H20BrNO3/c1-20-15-8-7-13(16(21-2)17(15)22-3)11-19-10-12-5-4-6-14(18)9-12/h4-9,19H,10-11H2,1-3H3. The fourth-order valence-electron chi connectivity index (χ4n) is 2.29. The van der Waals surface area contributed by atoms with Gasteiger partial charge in [-0.2, -0.15) is 0 Å². The Bertz CT molecular complexity index is 631. The van der Waals surface area contributed by atoms with Gasteiger partial charge in [0.15, 0.2) is 11.5 Å². The van der Waals surface area contributed by atoms with Crippen molar-refractivity contribution < 1.29 is 14.2 Å². The average Bonchev–Trinajstić information content (AvgIpc) is 2.54. The zero-order valence-corrected chi connectivity index (χ0v) is 14.6. The van der Waals surface area contributed by atoms with E-state index >= 15 is 0 Å². The molecular formula is C17H20BrNO3. The lowest BCUT2D eigenvalue weighted by atomic mass is 10.1. The molecule has 0 unspecified atom stereocenters. The van der Waals surface area contributed by atoms with Crippen LogP contribution in [-0.2, 0) is 13.1 Å². The molecule has 1 N–H and O–H groups in total. The van der Waals surface area contributed by atoms with Crippen LogP contribution in [0.5, 0.6) is 17.2 Å². The predicted octanol–water partition coefficient (Wildman–Crippen LogP) is 3.76. The van der Waals surface area contributed by atoms with Crippen LogP contribution in [0.4, 0.5) is 0 Å². The molecule has 0 saturated heterocycles. The van der Waals surface area contributed by atoms with Crippen molar-refractivity contribution in [1.29, 1.82) is 0 Å². The predicted molar refractivity (Wildman–Crippen MR) is 90.8 cm³/mol. The second-order valence-corrected chi connectivity index (χ2v) is 5.64. The van der Waals surface area contributed by atoms with Crippen molar-refractivity contribution in [2.45, 2.75) is 13.1 Å². The Hall–Kier alpha value is -1.72. The smallest absolute Gasteiger partial charge is 0.203 e. The number of benzene rings is 2. The van der Waals surface area contributed by atoms with E-state index in [2.05, 4.69) is 33.4 Å². The maximum Gasteiger partial charge on any atom is 0.203 e. The van der Waals surface area contributed by atoms with Crippen molar-refractivity contribution in [1.82, 2.24) is 5.32 Å². The minimum atomic E-state index is 0.617. The van der Waals surface area contributed by atoms with Crippen molar-refractivity contribution in [2.24, 2.45) is 0 Å². The second-order valence-electron chi connectivity index (χ2n) is 4.73. The van der Waals surface area contributed by atoms with Crippen LogP contribution in [0.15, 0.2) is 40.9 Å². The van der Waals surface area contributed by atoms with Gasteiger partial charge in [-0.3, -0.25) is 0 Å². The molecule has 2 rings (SSSR count). The minimum Gasteiger partial charge on any atom is -0.493 e.